The van der Waals surface area contributed by atoms with Crippen LogP contribution in [0.5, 0.6) is 0 Å². The van der Waals surface area contributed by atoms with Crippen LogP contribution in [0, 0.1) is 13.8 Å². The van der Waals surface area contributed by atoms with Crippen LogP contribution in [0.2, 0.25) is 0 Å². The topological polar surface area (TPSA) is 17.1 Å². The minimum atomic E-state index is 0.514. The third kappa shape index (κ3) is 3.56. The van der Waals surface area contributed by atoms with E-state index in [1.807, 2.05) is 24.3 Å². The van der Waals surface area contributed by atoms with Crippen molar-refractivity contribution < 1.29 is 4.79 Å². The van der Waals surface area contributed by atoms with Gasteiger partial charge in [0.1, 0.15) is 6.29 Å². The van der Waals surface area contributed by atoms with E-state index in [4.69, 9.17) is 0 Å². The summed E-state index contributed by atoms with van der Waals surface area (Å²) in [4.78, 5) is 10.8. The molecule has 0 amide bonds. The molecule has 0 saturated carbocycles. The molecule has 126 valence electrons. The molecule has 0 unspecified atom stereocenters. The highest BCUT2D eigenvalue weighted by atomic mass is 16.1. The lowest BCUT2D eigenvalue weighted by molar-refractivity contribution is 0.112. The summed E-state index contributed by atoms with van der Waals surface area (Å²) in [5.74, 6) is 0.514. The number of fused-ring (bicyclic) bond motifs is 1. The van der Waals surface area contributed by atoms with Crippen molar-refractivity contribution in [2.24, 2.45) is 0 Å². The number of rotatable bonds is 4. The normalized spacial score (nSPS) is 11.6. The summed E-state index contributed by atoms with van der Waals surface area (Å²) < 4.78 is 0. The van der Waals surface area contributed by atoms with Crippen molar-refractivity contribution in [1.82, 2.24) is 0 Å². The summed E-state index contributed by atoms with van der Waals surface area (Å²) in [7, 11) is 0. The van der Waals surface area contributed by atoms with E-state index in [0.717, 1.165) is 11.8 Å². The predicted molar refractivity (Wildman–Crippen MR) is 107 cm³/mol. The Labute approximate surface area is 150 Å². The second-order valence-electron chi connectivity index (χ2n) is 7.00. The van der Waals surface area contributed by atoms with Crippen LogP contribution in [0.1, 0.15) is 57.9 Å². The van der Waals surface area contributed by atoms with Crippen LogP contribution < -0.4 is 0 Å². The first kappa shape index (κ1) is 17.2. The molecule has 1 aromatic rings. The molecule has 1 nitrogen and oxygen atoms in total. The molecule has 0 bridgehead atoms. The number of aldehydes is 1. The van der Waals surface area contributed by atoms with Gasteiger partial charge in [0.15, 0.2) is 0 Å². The van der Waals surface area contributed by atoms with Crippen molar-refractivity contribution >= 4 is 18.4 Å². The van der Waals surface area contributed by atoms with Gasteiger partial charge in [-0.1, -0.05) is 74.5 Å². The second kappa shape index (κ2) is 7.06. The van der Waals surface area contributed by atoms with Gasteiger partial charge in [0.2, 0.25) is 0 Å². The van der Waals surface area contributed by atoms with Crippen LogP contribution in [0.25, 0.3) is 23.3 Å². The highest BCUT2D eigenvalue weighted by molar-refractivity contribution is 5.87. The zero-order chi connectivity index (χ0) is 18.0. The molecule has 0 spiro atoms. The van der Waals surface area contributed by atoms with Crippen molar-refractivity contribution in [2.75, 3.05) is 0 Å². The Hall–Kier alpha value is -2.67. The molecule has 0 fully saturated rings. The fraction of sp³-hybridized carbons (Fsp3) is 0.208. The van der Waals surface area contributed by atoms with E-state index in [9.17, 15) is 4.79 Å². The predicted octanol–water partition coefficient (Wildman–Crippen LogP) is 6.51. The van der Waals surface area contributed by atoms with Gasteiger partial charge in [-0.15, -0.1) is 0 Å². The molecule has 0 saturated heterocycles. The molecule has 25 heavy (non-hydrogen) atoms. The molecule has 3 rings (SSSR count). The first-order chi connectivity index (χ1) is 12.0. The number of carbonyl (C=O) groups excluding carboxylic acids is 1. The van der Waals surface area contributed by atoms with E-state index in [1.165, 1.54) is 33.4 Å². The van der Waals surface area contributed by atoms with Gasteiger partial charge in [-0.05, 0) is 58.7 Å². The van der Waals surface area contributed by atoms with Crippen LogP contribution in [0.3, 0.4) is 0 Å². The largest absolute Gasteiger partial charge is 0.298 e. The summed E-state index contributed by atoms with van der Waals surface area (Å²) >= 11 is 0. The average molecular weight is 328 g/mol. The van der Waals surface area contributed by atoms with E-state index in [1.54, 1.807) is 0 Å². The van der Waals surface area contributed by atoms with E-state index in [-0.39, 0.29) is 0 Å². The maximum Gasteiger partial charge on any atom is 0.150 e. The van der Waals surface area contributed by atoms with Gasteiger partial charge in [0.25, 0.3) is 0 Å². The lowest BCUT2D eigenvalue weighted by atomic mass is 10.0. The van der Waals surface area contributed by atoms with Crippen LogP contribution in [-0.4, -0.2) is 6.29 Å². The second-order valence-corrected chi connectivity index (χ2v) is 7.00. The smallest absolute Gasteiger partial charge is 0.150 e. The lowest BCUT2D eigenvalue weighted by Crippen LogP contribution is -1.84. The van der Waals surface area contributed by atoms with Gasteiger partial charge >= 0.3 is 0 Å². The minimum absolute atomic E-state index is 0.514. The van der Waals surface area contributed by atoms with Crippen molar-refractivity contribution in [3.8, 4) is 11.1 Å². The first-order valence-corrected chi connectivity index (χ1v) is 8.77. The molecule has 2 aliphatic carbocycles. The van der Waals surface area contributed by atoms with E-state index < -0.39 is 0 Å². The van der Waals surface area contributed by atoms with Crippen molar-refractivity contribution in [3.63, 3.8) is 0 Å². The summed E-state index contributed by atoms with van der Waals surface area (Å²) in [6.07, 6.45) is 5.16. The molecule has 1 aromatic carbocycles. The quantitative estimate of drug-likeness (QED) is 0.499. The zero-order valence-corrected chi connectivity index (χ0v) is 15.3. The van der Waals surface area contributed by atoms with Gasteiger partial charge in [0, 0.05) is 5.56 Å². The Morgan fingerprint density at radius 2 is 1.48 bits per heavy atom. The Bertz CT molecular complexity index is 898. The molecule has 0 aliphatic heterocycles. The lowest BCUT2D eigenvalue weighted by Gasteiger charge is -2.04. The standard InChI is InChI=1S/C24H24O/c1-16(2)21-11-5-17(3)24-22(13-18(4)23(24)14-21)12-10-19-6-8-20(15-25)9-7-19/h5-16H,1-4H3/b12-10+. The van der Waals surface area contributed by atoms with Gasteiger partial charge < -0.3 is 0 Å². The van der Waals surface area contributed by atoms with Crippen molar-refractivity contribution in [3.05, 3.63) is 81.9 Å². The van der Waals surface area contributed by atoms with E-state index >= 15 is 0 Å². The Morgan fingerprint density at radius 3 is 2.12 bits per heavy atom. The summed E-state index contributed by atoms with van der Waals surface area (Å²) in [5.41, 5.74) is 9.68. The summed E-state index contributed by atoms with van der Waals surface area (Å²) in [5, 5.41) is 0. The fourth-order valence-electron chi connectivity index (χ4n) is 3.24. The molecule has 0 radical (unpaired) electrons. The Morgan fingerprint density at radius 1 is 0.800 bits per heavy atom. The van der Waals surface area contributed by atoms with Crippen LogP contribution in [-0.2, 0) is 0 Å². The molecule has 2 aliphatic rings. The molecule has 0 heterocycles. The molecular formula is C24H24O. The highest BCUT2D eigenvalue weighted by Crippen LogP contribution is 2.37. The average Bonchev–Trinajstić information content (AvgIpc) is 2.80. The van der Waals surface area contributed by atoms with Gasteiger partial charge in [-0.3, -0.25) is 4.79 Å². The summed E-state index contributed by atoms with van der Waals surface area (Å²) in [6.45, 7) is 8.83. The number of benzene rings is 1. The summed E-state index contributed by atoms with van der Waals surface area (Å²) in [6, 6.07) is 16.7. The zero-order valence-electron chi connectivity index (χ0n) is 15.3. The third-order valence-electron chi connectivity index (χ3n) is 4.78. The van der Waals surface area contributed by atoms with Crippen molar-refractivity contribution in [1.29, 1.82) is 0 Å². The third-order valence-corrected chi connectivity index (χ3v) is 4.78. The first-order valence-electron chi connectivity index (χ1n) is 8.77. The molecule has 1 heteroatoms. The Balaban J connectivity index is 2.03. The monoisotopic (exact) mass is 328 g/mol. The fourth-order valence-corrected chi connectivity index (χ4v) is 3.24. The Kier molecular flexibility index (Phi) is 4.85. The SMILES string of the molecule is Cc1cc(/C=C/c2ccc(C=O)cc2)c2c(C)ccc(C(C)C)cc1-2. The molecule has 0 atom stereocenters. The van der Waals surface area contributed by atoms with Gasteiger partial charge in [-0.2, -0.15) is 0 Å². The highest BCUT2D eigenvalue weighted by Gasteiger charge is 2.14. The number of aryl methyl sites for hydroxylation is 2. The molecule has 0 aromatic heterocycles. The number of hydrogen-bond acceptors (Lipinski definition) is 1. The van der Waals surface area contributed by atoms with E-state index in [2.05, 4.69) is 64.1 Å². The van der Waals surface area contributed by atoms with Gasteiger partial charge in [0.05, 0.1) is 0 Å². The van der Waals surface area contributed by atoms with E-state index in [0.29, 0.717) is 11.5 Å². The van der Waals surface area contributed by atoms with Crippen molar-refractivity contribution in [2.45, 2.75) is 33.6 Å². The number of carbonyl (C=O) groups is 1. The molecular weight excluding hydrogens is 304 g/mol. The number of hydrogen-bond donors (Lipinski definition) is 0. The van der Waals surface area contributed by atoms with Gasteiger partial charge in [-0.25, -0.2) is 0 Å². The van der Waals surface area contributed by atoms with Crippen LogP contribution in [0.4, 0.5) is 0 Å². The minimum Gasteiger partial charge on any atom is -0.298 e. The maximum atomic E-state index is 10.8. The van der Waals surface area contributed by atoms with Crippen LogP contribution >= 0.6 is 0 Å². The molecule has 0 N–H and O–H groups in total. The van der Waals surface area contributed by atoms with Crippen LogP contribution in [0.15, 0.2) is 48.5 Å². The maximum absolute atomic E-state index is 10.8.